The van der Waals surface area contributed by atoms with Gasteiger partial charge in [0.25, 0.3) is 0 Å². The lowest BCUT2D eigenvalue weighted by atomic mass is 9.52. The van der Waals surface area contributed by atoms with E-state index in [2.05, 4.69) is 18.2 Å². The van der Waals surface area contributed by atoms with Crippen molar-refractivity contribution in [1.29, 1.82) is 21.2 Å². The fraction of sp³-hybridized carbons (Fsp3) is 0.600. The molecule has 31 heavy (non-hydrogen) atoms. The maximum atomic E-state index is 10.5. The first-order valence-corrected chi connectivity index (χ1v) is 11.3. The Kier molecular flexibility index (Phi) is 5.74. The van der Waals surface area contributed by atoms with Gasteiger partial charge in [-0.1, -0.05) is 75.3 Å². The highest BCUT2D eigenvalue weighted by Crippen LogP contribution is 2.68. The summed E-state index contributed by atoms with van der Waals surface area (Å²) in [5.74, 6) is -1.95. The van der Waals surface area contributed by atoms with Crippen molar-refractivity contribution in [2.45, 2.75) is 76.1 Å². The second kappa shape index (κ2) is 8.33. The summed E-state index contributed by atoms with van der Waals surface area (Å²) in [5, 5.41) is 39.9. The normalized spacial score (nSPS) is 35.1. The Morgan fingerprint density at radius 2 is 1.45 bits per heavy atom. The Bertz CT molecular complexity index is 942. The number of nitrogens with zero attached hydrogens (tertiary/aromatic N) is 3. The number of nitriles is 3. The molecule has 4 unspecified atom stereocenters. The lowest BCUT2D eigenvalue weighted by Gasteiger charge is -2.50. The fourth-order valence-corrected chi connectivity index (χ4v) is 5.85. The maximum absolute atomic E-state index is 10.5. The molecular formula is C25H28N4O2. The van der Waals surface area contributed by atoms with Crippen LogP contribution in [0.15, 0.2) is 30.3 Å². The Balaban J connectivity index is 1.88. The number of nitrogens with one attached hydrogen (secondary N) is 1. The van der Waals surface area contributed by atoms with E-state index in [9.17, 15) is 15.8 Å². The van der Waals surface area contributed by atoms with Crippen LogP contribution in [-0.4, -0.2) is 11.7 Å². The van der Waals surface area contributed by atoms with Gasteiger partial charge in [-0.15, -0.1) is 0 Å². The van der Waals surface area contributed by atoms with Gasteiger partial charge in [0.05, 0.1) is 24.1 Å². The SMILES string of the molecule is N#CC1(C#N)C(c2ccccc2)OC23CCCCCCCCCCC2C1(C#N)C(=N)O3. The van der Waals surface area contributed by atoms with Crippen molar-refractivity contribution in [2.24, 2.45) is 16.7 Å². The molecule has 0 radical (unpaired) electrons. The van der Waals surface area contributed by atoms with Crippen LogP contribution in [0.4, 0.5) is 0 Å². The van der Waals surface area contributed by atoms with E-state index >= 15 is 0 Å². The molecule has 3 aliphatic rings. The molecule has 1 saturated carbocycles. The lowest BCUT2D eigenvalue weighted by molar-refractivity contribution is -0.287. The molecule has 2 bridgehead atoms. The molecule has 160 valence electrons. The minimum absolute atomic E-state index is 0.281. The van der Waals surface area contributed by atoms with Gasteiger partial charge in [-0.2, -0.15) is 15.8 Å². The van der Waals surface area contributed by atoms with Gasteiger partial charge in [0.1, 0.15) is 6.10 Å². The van der Waals surface area contributed by atoms with Crippen molar-refractivity contribution < 1.29 is 9.47 Å². The zero-order valence-electron chi connectivity index (χ0n) is 17.8. The monoisotopic (exact) mass is 416 g/mol. The van der Waals surface area contributed by atoms with E-state index in [0.717, 1.165) is 38.5 Å². The average Bonchev–Trinajstić information content (AvgIpc) is 2.97. The van der Waals surface area contributed by atoms with Gasteiger partial charge in [0.2, 0.25) is 17.1 Å². The Hall–Kier alpha value is -2.88. The molecule has 2 aliphatic heterocycles. The lowest BCUT2D eigenvalue weighted by Crippen LogP contribution is -2.59. The largest absolute Gasteiger partial charge is 0.447 e. The summed E-state index contributed by atoms with van der Waals surface area (Å²) in [6.07, 6.45) is 8.67. The van der Waals surface area contributed by atoms with Crippen molar-refractivity contribution in [3.63, 3.8) is 0 Å². The maximum Gasteiger partial charge on any atom is 0.217 e. The van der Waals surface area contributed by atoms with Crippen molar-refractivity contribution in [2.75, 3.05) is 0 Å². The summed E-state index contributed by atoms with van der Waals surface area (Å²) >= 11 is 0. The quantitative estimate of drug-likeness (QED) is 0.646. The predicted molar refractivity (Wildman–Crippen MR) is 113 cm³/mol. The number of benzene rings is 1. The topological polar surface area (TPSA) is 114 Å². The van der Waals surface area contributed by atoms with Crippen molar-refractivity contribution >= 4 is 5.90 Å². The standard InChI is InChI=1S/C25H28N4O2/c26-16-23(17-27)21(19-12-8-7-9-13-19)30-25-15-11-6-4-2-1-3-5-10-14-20(25)24(23,18-28)22(29)31-25/h7-9,12-13,20-21,29H,1-6,10-11,14-15H2. The molecule has 4 atom stereocenters. The number of hydrogen-bond acceptors (Lipinski definition) is 6. The van der Waals surface area contributed by atoms with E-state index in [0.29, 0.717) is 18.4 Å². The summed E-state index contributed by atoms with van der Waals surface area (Å²) in [6.45, 7) is 0. The van der Waals surface area contributed by atoms with Crippen LogP contribution in [0.2, 0.25) is 0 Å². The second-order valence-electron chi connectivity index (χ2n) is 9.02. The van der Waals surface area contributed by atoms with Crippen molar-refractivity contribution in [1.82, 2.24) is 0 Å². The third kappa shape index (κ3) is 3.03. The smallest absolute Gasteiger partial charge is 0.217 e. The van der Waals surface area contributed by atoms with Gasteiger partial charge in [-0.25, -0.2) is 0 Å². The van der Waals surface area contributed by atoms with Crippen molar-refractivity contribution in [3.8, 4) is 18.2 Å². The van der Waals surface area contributed by atoms with Gasteiger partial charge in [0, 0.05) is 6.42 Å². The van der Waals surface area contributed by atoms with Crippen LogP contribution >= 0.6 is 0 Å². The van der Waals surface area contributed by atoms with Crippen LogP contribution in [0.25, 0.3) is 0 Å². The van der Waals surface area contributed by atoms with E-state index < -0.39 is 28.6 Å². The predicted octanol–water partition coefficient (Wildman–Crippen LogP) is 5.54. The molecule has 1 aliphatic carbocycles. The van der Waals surface area contributed by atoms with Gasteiger partial charge in [0.15, 0.2) is 5.41 Å². The minimum atomic E-state index is -1.86. The third-order valence-electron chi connectivity index (χ3n) is 7.42. The Morgan fingerprint density at radius 3 is 2.06 bits per heavy atom. The van der Waals surface area contributed by atoms with Crippen molar-refractivity contribution in [3.05, 3.63) is 35.9 Å². The third-order valence-corrected chi connectivity index (χ3v) is 7.42. The van der Waals surface area contributed by atoms with E-state index in [-0.39, 0.29) is 5.90 Å². The first-order chi connectivity index (χ1) is 15.1. The first-order valence-electron chi connectivity index (χ1n) is 11.3. The van der Waals surface area contributed by atoms with E-state index in [1.165, 1.54) is 12.8 Å². The van der Waals surface area contributed by atoms with E-state index in [1.54, 1.807) is 0 Å². The highest BCUT2D eigenvalue weighted by molar-refractivity contribution is 5.89. The van der Waals surface area contributed by atoms with Crippen LogP contribution in [0.3, 0.4) is 0 Å². The minimum Gasteiger partial charge on any atom is -0.447 e. The van der Waals surface area contributed by atoms with Crippen LogP contribution in [0.1, 0.15) is 75.9 Å². The fourth-order valence-electron chi connectivity index (χ4n) is 5.85. The molecule has 6 heteroatoms. The number of ether oxygens (including phenoxy) is 2. The molecule has 3 fully saturated rings. The Morgan fingerprint density at radius 1 is 0.839 bits per heavy atom. The number of hydrogen-bond donors (Lipinski definition) is 1. The molecular weight excluding hydrogens is 388 g/mol. The summed E-state index contributed by atoms with van der Waals surface area (Å²) in [7, 11) is 0. The summed E-state index contributed by atoms with van der Waals surface area (Å²) in [4.78, 5) is 0. The molecule has 0 amide bonds. The molecule has 0 spiro atoms. The van der Waals surface area contributed by atoms with E-state index in [1.807, 2.05) is 30.3 Å². The second-order valence-corrected chi connectivity index (χ2v) is 9.02. The highest BCUT2D eigenvalue weighted by Gasteiger charge is 2.79. The number of rotatable bonds is 1. The first kappa shape index (κ1) is 21.4. The molecule has 2 heterocycles. The molecule has 2 saturated heterocycles. The molecule has 6 nitrogen and oxygen atoms in total. The summed E-state index contributed by atoms with van der Waals surface area (Å²) in [6, 6.07) is 15.7. The molecule has 0 aromatic heterocycles. The molecule has 1 aromatic carbocycles. The van der Waals surface area contributed by atoms with Gasteiger partial charge in [-0.05, 0) is 18.4 Å². The van der Waals surface area contributed by atoms with Gasteiger partial charge in [-0.3, -0.25) is 5.41 Å². The van der Waals surface area contributed by atoms with Crippen LogP contribution in [0.5, 0.6) is 0 Å². The summed E-state index contributed by atoms with van der Waals surface area (Å²) in [5.41, 5.74) is -2.85. The van der Waals surface area contributed by atoms with Gasteiger partial charge < -0.3 is 9.47 Å². The summed E-state index contributed by atoms with van der Waals surface area (Å²) < 4.78 is 12.7. The molecule has 1 aromatic rings. The zero-order chi connectivity index (χ0) is 22.0. The highest BCUT2D eigenvalue weighted by atomic mass is 16.7. The molecule has 1 N–H and O–H groups in total. The zero-order valence-corrected chi connectivity index (χ0v) is 17.8. The van der Waals surface area contributed by atoms with Gasteiger partial charge >= 0.3 is 0 Å². The van der Waals surface area contributed by atoms with E-state index in [4.69, 9.17) is 14.9 Å². The van der Waals surface area contributed by atoms with Crippen LogP contribution in [-0.2, 0) is 9.47 Å². The molecule has 4 rings (SSSR count). The van der Waals surface area contributed by atoms with Crippen LogP contribution in [0, 0.1) is 56.2 Å². The Labute approximate surface area is 183 Å². The van der Waals surface area contributed by atoms with Crippen LogP contribution < -0.4 is 0 Å². The average molecular weight is 417 g/mol.